The van der Waals surface area contributed by atoms with E-state index in [9.17, 15) is 4.79 Å². The van der Waals surface area contributed by atoms with Crippen LogP contribution in [0.25, 0.3) is 22.3 Å². The fourth-order valence-electron chi connectivity index (χ4n) is 3.60. The molecular weight excluding hydrogens is 448 g/mol. The zero-order valence-electron chi connectivity index (χ0n) is 18.4. The Morgan fingerprint density at radius 3 is 2.82 bits per heavy atom. The van der Waals surface area contributed by atoms with E-state index in [1.54, 1.807) is 42.4 Å². The standard InChI is InChI=1S/C25H22N6O2S/c1-15-28-17(14-34-15)13-33-18-8-9-22-20(11-18)25(30-21-7-3-2-6-19(21)23(26)32)31-24(29-22)16-5-4-10-27-12-16/h2-12,14-15,28H,13H2,1H3,(H2,26,32)(H,29,30,31). The molecule has 0 radical (unpaired) electrons. The molecule has 170 valence electrons. The summed E-state index contributed by atoms with van der Waals surface area (Å²) in [4.78, 5) is 25.6. The Kier molecular flexibility index (Phi) is 6.01. The molecule has 34 heavy (non-hydrogen) atoms. The van der Waals surface area contributed by atoms with Crippen molar-refractivity contribution in [2.24, 2.45) is 5.73 Å². The predicted octanol–water partition coefficient (Wildman–Crippen LogP) is 4.44. The van der Waals surface area contributed by atoms with E-state index in [0.717, 1.165) is 22.2 Å². The predicted molar refractivity (Wildman–Crippen MR) is 135 cm³/mol. The third kappa shape index (κ3) is 4.65. The summed E-state index contributed by atoms with van der Waals surface area (Å²) in [5.41, 5.74) is 9.05. The van der Waals surface area contributed by atoms with Crippen LogP contribution >= 0.6 is 11.8 Å². The Morgan fingerprint density at radius 1 is 1.18 bits per heavy atom. The molecule has 2 aromatic heterocycles. The highest BCUT2D eigenvalue weighted by molar-refractivity contribution is 8.02. The van der Waals surface area contributed by atoms with Gasteiger partial charge in [-0.05, 0) is 54.8 Å². The van der Waals surface area contributed by atoms with Crippen LogP contribution < -0.4 is 21.1 Å². The number of para-hydroxylation sites is 1. The van der Waals surface area contributed by atoms with Gasteiger partial charge in [-0.25, -0.2) is 9.97 Å². The van der Waals surface area contributed by atoms with Crippen LogP contribution in [-0.2, 0) is 0 Å². The second-order valence-electron chi connectivity index (χ2n) is 7.71. The van der Waals surface area contributed by atoms with Gasteiger partial charge in [-0.3, -0.25) is 9.78 Å². The molecule has 0 aliphatic carbocycles. The minimum Gasteiger partial charge on any atom is -0.487 e. The number of hydrogen-bond acceptors (Lipinski definition) is 8. The number of rotatable bonds is 7. The third-order valence-electron chi connectivity index (χ3n) is 5.23. The fourth-order valence-corrected chi connectivity index (χ4v) is 4.33. The number of nitrogens with two attached hydrogens (primary N) is 1. The van der Waals surface area contributed by atoms with Crippen molar-refractivity contribution in [1.29, 1.82) is 0 Å². The van der Waals surface area contributed by atoms with Gasteiger partial charge in [-0.1, -0.05) is 12.1 Å². The largest absolute Gasteiger partial charge is 0.487 e. The van der Waals surface area contributed by atoms with E-state index in [2.05, 4.69) is 27.9 Å². The Balaban J connectivity index is 1.55. The van der Waals surface area contributed by atoms with Gasteiger partial charge in [0.1, 0.15) is 18.2 Å². The maximum absolute atomic E-state index is 12.0. The van der Waals surface area contributed by atoms with Gasteiger partial charge in [-0.15, -0.1) is 11.8 Å². The molecule has 0 saturated heterocycles. The molecule has 8 nitrogen and oxygen atoms in total. The number of fused-ring (bicyclic) bond motifs is 1. The topological polar surface area (TPSA) is 115 Å². The molecule has 1 atom stereocenters. The first-order chi connectivity index (χ1) is 16.6. The van der Waals surface area contributed by atoms with E-state index in [1.165, 1.54) is 0 Å². The molecule has 0 saturated carbocycles. The third-order valence-corrected chi connectivity index (χ3v) is 6.18. The molecule has 9 heteroatoms. The van der Waals surface area contributed by atoms with E-state index in [1.807, 2.05) is 36.4 Å². The van der Waals surface area contributed by atoms with Crippen LogP contribution in [0, 0.1) is 0 Å². The minimum absolute atomic E-state index is 0.343. The molecule has 4 aromatic rings. The van der Waals surface area contributed by atoms with Crippen molar-refractivity contribution in [3.63, 3.8) is 0 Å². The summed E-state index contributed by atoms with van der Waals surface area (Å²) in [6, 6.07) is 16.5. The molecule has 1 amide bonds. The number of aromatic nitrogens is 3. The van der Waals surface area contributed by atoms with E-state index in [-0.39, 0.29) is 0 Å². The number of anilines is 2. The zero-order chi connectivity index (χ0) is 23.5. The average Bonchev–Trinajstić information content (AvgIpc) is 3.28. The molecule has 0 spiro atoms. The van der Waals surface area contributed by atoms with Crippen LogP contribution in [0.2, 0.25) is 0 Å². The number of carbonyl (C=O) groups is 1. The van der Waals surface area contributed by atoms with Crippen LogP contribution in [0.5, 0.6) is 5.75 Å². The van der Waals surface area contributed by atoms with Crippen LogP contribution in [0.15, 0.2) is 78.1 Å². The first-order valence-electron chi connectivity index (χ1n) is 10.7. The summed E-state index contributed by atoms with van der Waals surface area (Å²) in [6.07, 6.45) is 3.41. The Morgan fingerprint density at radius 2 is 2.06 bits per heavy atom. The number of nitrogens with one attached hydrogen (secondary N) is 2. The summed E-state index contributed by atoms with van der Waals surface area (Å²) >= 11 is 1.72. The first kappa shape index (κ1) is 21.7. The monoisotopic (exact) mass is 470 g/mol. The van der Waals surface area contributed by atoms with Crippen molar-refractivity contribution in [3.8, 4) is 17.1 Å². The van der Waals surface area contributed by atoms with Gasteiger partial charge in [0.25, 0.3) is 5.91 Å². The second kappa shape index (κ2) is 9.40. The van der Waals surface area contributed by atoms with Crippen molar-refractivity contribution in [3.05, 3.63) is 83.7 Å². The van der Waals surface area contributed by atoms with Crippen LogP contribution in [-0.4, -0.2) is 32.8 Å². The number of carbonyl (C=O) groups excluding carboxylic acids is 1. The Hall–Kier alpha value is -4.11. The first-order valence-corrected chi connectivity index (χ1v) is 11.6. The molecule has 0 bridgehead atoms. The van der Waals surface area contributed by atoms with Crippen LogP contribution in [0.4, 0.5) is 11.5 Å². The summed E-state index contributed by atoms with van der Waals surface area (Å²) < 4.78 is 6.02. The van der Waals surface area contributed by atoms with E-state index < -0.39 is 5.91 Å². The SMILES string of the molecule is CC1NC(COc2ccc3nc(-c4cccnc4)nc(Nc4ccccc4C(N)=O)c3c2)=CS1. The smallest absolute Gasteiger partial charge is 0.250 e. The van der Waals surface area contributed by atoms with E-state index in [4.69, 9.17) is 20.4 Å². The maximum Gasteiger partial charge on any atom is 0.250 e. The summed E-state index contributed by atoms with van der Waals surface area (Å²) in [5.74, 6) is 1.20. The molecule has 1 aliphatic rings. The van der Waals surface area contributed by atoms with Gasteiger partial charge in [-0.2, -0.15) is 0 Å². The summed E-state index contributed by atoms with van der Waals surface area (Å²) in [7, 11) is 0. The summed E-state index contributed by atoms with van der Waals surface area (Å²) in [5, 5.41) is 9.81. The number of thioether (sulfide) groups is 1. The molecular formula is C25H22N6O2S. The lowest BCUT2D eigenvalue weighted by molar-refractivity contribution is 0.100. The lowest BCUT2D eigenvalue weighted by atomic mass is 10.1. The van der Waals surface area contributed by atoms with E-state index in [0.29, 0.717) is 40.6 Å². The second-order valence-corrected chi connectivity index (χ2v) is 8.92. The quantitative estimate of drug-likeness (QED) is 0.363. The van der Waals surface area contributed by atoms with Crippen LogP contribution in [0.3, 0.4) is 0 Å². The van der Waals surface area contributed by atoms with Crippen LogP contribution in [0.1, 0.15) is 17.3 Å². The van der Waals surface area contributed by atoms with Crippen molar-refractivity contribution < 1.29 is 9.53 Å². The Bertz CT molecular complexity index is 1390. The number of amides is 1. The molecule has 1 aliphatic heterocycles. The maximum atomic E-state index is 12.0. The number of ether oxygens (including phenoxy) is 1. The molecule has 3 heterocycles. The normalized spacial score (nSPS) is 15.0. The molecule has 1 unspecified atom stereocenters. The number of pyridine rings is 1. The van der Waals surface area contributed by atoms with Crippen molar-refractivity contribution >= 4 is 40.1 Å². The zero-order valence-corrected chi connectivity index (χ0v) is 19.2. The summed E-state index contributed by atoms with van der Waals surface area (Å²) in [6.45, 7) is 2.54. The molecule has 2 aromatic carbocycles. The van der Waals surface area contributed by atoms with E-state index >= 15 is 0 Å². The van der Waals surface area contributed by atoms with Crippen molar-refractivity contribution in [2.75, 3.05) is 11.9 Å². The lowest BCUT2D eigenvalue weighted by Gasteiger charge is -2.14. The van der Waals surface area contributed by atoms with Gasteiger partial charge in [0, 0.05) is 23.3 Å². The molecule has 0 fully saturated rings. The Labute approximate surface area is 200 Å². The van der Waals surface area contributed by atoms with Gasteiger partial charge >= 0.3 is 0 Å². The molecule has 4 N–H and O–H groups in total. The van der Waals surface area contributed by atoms with Gasteiger partial charge in [0.15, 0.2) is 5.82 Å². The molecule has 5 rings (SSSR count). The van der Waals surface area contributed by atoms with Crippen molar-refractivity contribution in [1.82, 2.24) is 20.3 Å². The highest BCUT2D eigenvalue weighted by atomic mass is 32.2. The highest BCUT2D eigenvalue weighted by Gasteiger charge is 2.15. The number of hydrogen-bond donors (Lipinski definition) is 3. The van der Waals surface area contributed by atoms with Gasteiger partial charge in [0.2, 0.25) is 0 Å². The minimum atomic E-state index is -0.526. The van der Waals surface area contributed by atoms with Gasteiger partial charge in [0.05, 0.1) is 27.8 Å². The van der Waals surface area contributed by atoms with Crippen molar-refractivity contribution in [2.45, 2.75) is 12.3 Å². The fraction of sp³-hybridized carbons (Fsp3) is 0.120. The highest BCUT2D eigenvalue weighted by Crippen LogP contribution is 2.31. The number of nitrogens with zero attached hydrogens (tertiary/aromatic N) is 3. The average molecular weight is 471 g/mol. The lowest BCUT2D eigenvalue weighted by Crippen LogP contribution is -2.20. The number of benzene rings is 2. The van der Waals surface area contributed by atoms with Gasteiger partial charge < -0.3 is 21.1 Å². The number of primary amides is 1.